The van der Waals surface area contributed by atoms with Gasteiger partial charge in [-0.2, -0.15) is 10.1 Å². The number of para-hydroxylation sites is 1. The first kappa shape index (κ1) is 16.8. The molecule has 0 saturated carbocycles. The van der Waals surface area contributed by atoms with Crippen LogP contribution in [-0.4, -0.2) is 26.2 Å². The molecule has 1 amide bonds. The lowest BCUT2D eigenvalue weighted by atomic mass is 10.1. The lowest BCUT2D eigenvalue weighted by molar-refractivity contribution is 0.0946. The van der Waals surface area contributed by atoms with Crippen LogP contribution in [0, 0.1) is 6.92 Å². The summed E-state index contributed by atoms with van der Waals surface area (Å²) in [7, 11) is 0. The number of aromatic nitrogens is 4. The average Bonchev–Trinajstić information content (AvgIpc) is 3.33. The second-order valence-corrected chi connectivity index (χ2v) is 5.95. The van der Waals surface area contributed by atoms with E-state index in [-0.39, 0.29) is 12.5 Å². The molecule has 8 nitrogen and oxygen atoms in total. The Labute approximate surface area is 154 Å². The molecule has 27 heavy (non-hydrogen) atoms. The van der Waals surface area contributed by atoms with Crippen LogP contribution >= 0.6 is 0 Å². The van der Waals surface area contributed by atoms with Gasteiger partial charge in [-0.3, -0.25) is 9.89 Å². The van der Waals surface area contributed by atoms with E-state index in [1.807, 2.05) is 18.2 Å². The Bertz CT molecular complexity index is 1090. The highest BCUT2D eigenvalue weighted by Crippen LogP contribution is 2.20. The summed E-state index contributed by atoms with van der Waals surface area (Å²) in [4.78, 5) is 16.8. The zero-order valence-corrected chi connectivity index (χ0v) is 14.6. The Morgan fingerprint density at radius 3 is 2.96 bits per heavy atom. The minimum atomic E-state index is -0.226. The molecule has 0 fully saturated rings. The van der Waals surface area contributed by atoms with Crippen LogP contribution in [0.1, 0.15) is 27.6 Å². The van der Waals surface area contributed by atoms with Gasteiger partial charge < -0.3 is 14.6 Å². The normalized spacial score (nSPS) is 10.9. The van der Waals surface area contributed by atoms with Gasteiger partial charge in [0, 0.05) is 18.9 Å². The summed E-state index contributed by atoms with van der Waals surface area (Å²) in [6.07, 6.45) is 1.75. The molecule has 0 saturated heterocycles. The van der Waals surface area contributed by atoms with Gasteiger partial charge in [0.15, 0.2) is 6.61 Å². The molecule has 4 aromatic rings. The molecule has 0 radical (unpaired) electrons. The van der Waals surface area contributed by atoms with E-state index in [9.17, 15) is 4.79 Å². The molecule has 0 unspecified atom stereocenters. The van der Waals surface area contributed by atoms with E-state index in [1.54, 1.807) is 37.4 Å². The van der Waals surface area contributed by atoms with Crippen LogP contribution in [0.4, 0.5) is 0 Å². The number of carbonyl (C=O) groups is 1. The quantitative estimate of drug-likeness (QED) is 0.546. The van der Waals surface area contributed by atoms with Gasteiger partial charge in [-0.05, 0) is 23.8 Å². The van der Waals surface area contributed by atoms with Crippen LogP contribution in [-0.2, 0) is 13.2 Å². The number of aromatic amines is 1. The number of hydrogen-bond acceptors (Lipinski definition) is 6. The first-order valence-electron chi connectivity index (χ1n) is 8.41. The van der Waals surface area contributed by atoms with Crippen molar-refractivity contribution >= 4 is 16.8 Å². The largest absolute Gasteiger partial charge is 0.485 e. The predicted octanol–water partition coefficient (Wildman–Crippen LogP) is 2.76. The molecule has 4 rings (SSSR count). The van der Waals surface area contributed by atoms with Gasteiger partial charge in [0.2, 0.25) is 11.7 Å². The molecular weight excluding hydrogens is 346 g/mol. The number of ether oxygens (including phenoxy) is 1. The Balaban J connectivity index is 1.46. The number of fused-ring (bicyclic) bond motifs is 1. The van der Waals surface area contributed by atoms with Crippen molar-refractivity contribution < 1.29 is 14.1 Å². The Morgan fingerprint density at radius 1 is 1.22 bits per heavy atom. The third kappa shape index (κ3) is 3.64. The number of amides is 1. The Kier molecular flexibility index (Phi) is 4.52. The van der Waals surface area contributed by atoms with Gasteiger partial charge in [-0.25, -0.2) is 0 Å². The van der Waals surface area contributed by atoms with Crippen LogP contribution in [0.5, 0.6) is 5.75 Å². The highest BCUT2D eigenvalue weighted by Gasteiger charge is 2.14. The van der Waals surface area contributed by atoms with Crippen molar-refractivity contribution in [3.05, 3.63) is 71.5 Å². The highest BCUT2D eigenvalue weighted by molar-refractivity contribution is 5.97. The maximum absolute atomic E-state index is 12.7. The number of hydrogen-bond donors (Lipinski definition) is 2. The summed E-state index contributed by atoms with van der Waals surface area (Å²) in [5.41, 5.74) is 2.35. The van der Waals surface area contributed by atoms with Gasteiger partial charge in [0.1, 0.15) is 5.75 Å². The van der Waals surface area contributed by atoms with Crippen molar-refractivity contribution in [3.63, 3.8) is 0 Å². The monoisotopic (exact) mass is 363 g/mol. The van der Waals surface area contributed by atoms with Crippen LogP contribution in [0.2, 0.25) is 0 Å². The van der Waals surface area contributed by atoms with Gasteiger partial charge in [0.25, 0.3) is 5.91 Å². The lowest BCUT2D eigenvalue weighted by Crippen LogP contribution is -2.23. The third-order valence-electron chi connectivity index (χ3n) is 4.07. The number of nitrogens with zero attached hydrogens (tertiary/aromatic N) is 3. The number of rotatable bonds is 6. The summed E-state index contributed by atoms with van der Waals surface area (Å²) in [5, 5.41) is 14.7. The number of benzene rings is 2. The number of aryl methyl sites for hydroxylation is 1. The molecular formula is C19H17N5O3. The minimum absolute atomic E-state index is 0.121. The topological polar surface area (TPSA) is 106 Å². The number of carbonyl (C=O) groups excluding carboxylic acids is 1. The number of nitrogens with one attached hydrogen (secondary N) is 2. The van der Waals surface area contributed by atoms with E-state index in [1.165, 1.54) is 0 Å². The van der Waals surface area contributed by atoms with Gasteiger partial charge in [0.05, 0.1) is 17.3 Å². The van der Waals surface area contributed by atoms with E-state index in [2.05, 4.69) is 25.7 Å². The van der Waals surface area contributed by atoms with Crippen molar-refractivity contribution in [2.45, 2.75) is 20.1 Å². The molecule has 2 aromatic carbocycles. The van der Waals surface area contributed by atoms with Gasteiger partial charge >= 0.3 is 0 Å². The first-order valence-corrected chi connectivity index (χ1v) is 8.41. The molecule has 0 aliphatic carbocycles. The van der Waals surface area contributed by atoms with Crippen LogP contribution in [0.15, 0.2) is 53.2 Å². The number of H-pyrrole nitrogens is 1. The zero-order chi connectivity index (χ0) is 18.6. The minimum Gasteiger partial charge on any atom is -0.485 e. The Morgan fingerprint density at radius 2 is 2.11 bits per heavy atom. The summed E-state index contributed by atoms with van der Waals surface area (Å²) in [6.45, 7) is 2.21. The fraction of sp³-hybridized carbons (Fsp3) is 0.158. The van der Waals surface area contributed by atoms with Crippen LogP contribution in [0.3, 0.4) is 0 Å². The van der Waals surface area contributed by atoms with Crippen molar-refractivity contribution in [3.8, 4) is 5.75 Å². The van der Waals surface area contributed by atoms with Crippen LogP contribution in [0.25, 0.3) is 10.9 Å². The third-order valence-corrected chi connectivity index (χ3v) is 4.07. The second kappa shape index (κ2) is 7.28. The maximum atomic E-state index is 12.7. The summed E-state index contributed by atoms with van der Waals surface area (Å²) < 4.78 is 10.6. The molecule has 2 heterocycles. The van der Waals surface area contributed by atoms with Crippen LogP contribution < -0.4 is 10.1 Å². The highest BCUT2D eigenvalue weighted by atomic mass is 16.5. The van der Waals surface area contributed by atoms with E-state index < -0.39 is 0 Å². The molecule has 0 aliphatic rings. The molecule has 8 heteroatoms. The second-order valence-electron chi connectivity index (χ2n) is 5.95. The molecule has 0 atom stereocenters. The summed E-state index contributed by atoms with van der Waals surface area (Å²) in [5.74, 6) is 1.12. The smallest absolute Gasteiger partial charge is 0.255 e. The first-order chi connectivity index (χ1) is 13.2. The van der Waals surface area contributed by atoms with E-state index in [4.69, 9.17) is 9.26 Å². The molecule has 2 N–H and O–H groups in total. The molecule has 2 aromatic heterocycles. The fourth-order valence-corrected chi connectivity index (χ4v) is 2.78. The molecule has 0 spiro atoms. The van der Waals surface area contributed by atoms with Crippen molar-refractivity contribution in [1.82, 2.24) is 25.7 Å². The zero-order valence-electron chi connectivity index (χ0n) is 14.6. The fourth-order valence-electron chi connectivity index (χ4n) is 2.78. The van der Waals surface area contributed by atoms with Gasteiger partial charge in [-0.1, -0.05) is 29.4 Å². The Hall–Kier alpha value is -3.68. The van der Waals surface area contributed by atoms with E-state index in [0.29, 0.717) is 29.6 Å². The summed E-state index contributed by atoms with van der Waals surface area (Å²) in [6, 6.07) is 12.9. The van der Waals surface area contributed by atoms with Crippen molar-refractivity contribution in [2.24, 2.45) is 0 Å². The van der Waals surface area contributed by atoms with E-state index >= 15 is 0 Å². The molecule has 0 aliphatic heterocycles. The van der Waals surface area contributed by atoms with Crippen molar-refractivity contribution in [1.29, 1.82) is 0 Å². The molecule has 136 valence electrons. The average molecular weight is 363 g/mol. The van der Waals surface area contributed by atoms with Gasteiger partial charge in [-0.15, -0.1) is 0 Å². The van der Waals surface area contributed by atoms with Crippen molar-refractivity contribution in [2.75, 3.05) is 0 Å². The summed E-state index contributed by atoms with van der Waals surface area (Å²) >= 11 is 0. The lowest BCUT2D eigenvalue weighted by Gasteiger charge is -2.11. The predicted molar refractivity (Wildman–Crippen MR) is 97.1 cm³/mol. The molecule has 0 bridgehead atoms. The SMILES string of the molecule is Cc1nc(COc2ccccc2C(=O)NCc2cccc3[nH]ncc23)no1. The van der Waals surface area contributed by atoms with E-state index in [0.717, 1.165) is 16.5 Å². The standard InChI is InChI=1S/C19H17N5O3/c1-12-22-18(24-27-12)11-26-17-8-3-2-6-14(17)19(25)20-9-13-5-4-7-16-15(13)10-21-23-16/h2-8,10H,9,11H2,1H3,(H,20,25)(H,21,23). The maximum Gasteiger partial charge on any atom is 0.255 e.